The number of hydrogen-bond donors (Lipinski definition) is 3. The van der Waals surface area contributed by atoms with Gasteiger partial charge in [0.15, 0.2) is 11.6 Å². The fourth-order valence-corrected chi connectivity index (χ4v) is 1.93. The smallest absolute Gasteiger partial charge is 0.319 e. The Hall–Kier alpha value is -1.40. The largest absolute Gasteiger partial charge is 0.394 e. The van der Waals surface area contributed by atoms with Crippen molar-refractivity contribution < 1.29 is 18.7 Å². The topological polar surface area (TPSA) is 61.4 Å². The molecule has 0 saturated carbocycles. The maximum Gasteiger partial charge on any atom is 0.319 e. The highest BCUT2D eigenvalue weighted by Gasteiger charge is 2.27. The zero-order valence-electron chi connectivity index (χ0n) is 11.3. The third kappa shape index (κ3) is 3.80. The summed E-state index contributed by atoms with van der Waals surface area (Å²) in [4.78, 5) is 11.8. The van der Waals surface area contributed by atoms with Crippen LogP contribution in [0.2, 0.25) is 5.02 Å². The van der Waals surface area contributed by atoms with Gasteiger partial charge in [0.1, 0.15) is 5.69 Å². The first-order valence-corrected chi connectivity index (χ1v) is 6.59. The molecule has 0 radical (unpaired) electrons. The number of carbonyl (C=O) groups is 1. The fourth-order valence-electron chi connectivity index (χ4n) is 1.74. The first-order valence-electron chi connectivity index (χ1n) is 6.22. The third-order valence-corrected chi connectivity index (χ3v) is 3.50. The van der Waals surface area contributed by atoms with Crippen molar-refractivity contribution in [1.82, 2.24) is 5.32 Å². The second kappa shape index (κ2) is 6.85. The van der Waals surface area contributed by atoms with Crippen LogP contribution in [-0.2, 0) is 0 Å². The van der Waals surface area contributed by atoms with Crippen LogP contribution in [0.15, 0.2) is 12.1 Å². The molecular formula is C13H17ClF2N2O2. The minimum Gasteiger partial charge on any atom is -0.394 e. The molecule has 0 aliphatic heterocycles. The summed E-state index contributed by atoms with van der Waals surface area (Å²) in [6, 6.07) is 1.01. The van der Waals surface area contributed by atoms with Crippen molar-refractivity contribution >= 4 is 23.3 Å². The monoisotopic (exact) mass is 306 g/mol. The quantitative estimate of drug-likeness (QED) is 0.781. The Kier molecular flexibility index (Phi) is 5.71. The predicted molar refractivity (Wildman–Crippen MR) is 73.9 cm³/mol. The number of aliphatic hydroxyl groups is 1. The SMILES string of the molecule is CCC(CC)(CO)NC(=O)Nc1c(F)cc(Cl)cc1F. The van der Waals surface area contributed by atoms with E-state index in [2.05, 4.69) is 10.6 Å². The van der Waals surface area contributed by atoms with Gasteiger partial charge in [-0.3, -0.25) is 0 Å². The van der Waals surface area contributed by atoms with Gasteiger partial charge < -0.3 is 15.7 Å². The summed E-state index contributed by atoms with van der Waals surface area (Å²) < 4.78 is 27.1. The Labute approximate surface area is 121 Å². The highest BCUT2D eigenvalue weighted by molar-refractivity contribution is 6.30. The van der Waals surface area contributed by atoms with Crippen molar-refractivity contribution in [2.75, 3.05) is 11.9 Å². The molecule has 1 rings (SSSR count). The standard InChI is InChI=1S/C13H17ClF2N2O2/c1-3-13(4-2,7-19)18-12(20)17-11-9(15)5-8(14)6-10(11)16/h5-6,19H,3-4,7H2,1-2H3,(H2,17,18,20). The van der Waals surface area contributed by atoms with E-state index in [1.165, 1.54) is 0 Å². The molecule has 0 aromatic heterocycles. The number of aliphatic hydroxyl groups excluding tert-OH is 1. The van der Waals surface area contributed by atoms with Gasteiger partial charge in [0.05, 0.1) is 12.1 Å². The molecule has 0 unspecified atom stereocenters. The van der Waals surface area contributed by atoms with Gasteiger partial charge in [-0.25, -0.2) is 13.6 Å². The molecule has 20 heavy (non-hydrogen) atoms. The molecule has 3 N–H and O–H groups in total. The maximum absolute atomic E-state index is 13.5. The lowest BCUT2D eigenvalue weighted by atomic mass is 9.94. The molecule has 0 aliphatic rings. The second-order valence-corrected chi connectivity index (χ2v) is 4.91. The van der Waals surface area contributed by atoms with E-state index in [0.29, 0.717) is 12.8 Å². The van der Waals surface area contributed by atoms with Crippen LogP contribution in [0.4, 0.5) is 19.3 Å². The van der Waals surface area contributed by atoms with Crippen LogP contribution in [0.25, 0.3) is 0 Å². The molecule has 0 aliphatic carbocycles. The van der Waals surface area contributed by atoms with Gasteiger partial charge in [0.25, 0.3) is 0 Å². The van der Waals surface area contributed by atoms with Crippen molar-refractivity contribution in [1.29, 1.82) is 0 Å². The van der Waals surface area contributed by atoms with E-state index in [-0.39, 0.29) is 11.6 Å². The molecule has 1 aromatic carbocycles. The maximum atomic E-state index is 13.5. The van der Waals surface area contributed by atoms with Crippen LogP contribution in [0.1, 0.15) is 26.7 Å². The molecule has 1 aromatic rings. The van der Waals surface area contributed by atoms with Gasteiger partial charge in [-0.1, -0.05) is 25.4 Å². The number of rotatable bonds is 5. The molecule has 0 fully saturated rings. The Bertz CT molecular complexity index is 462. The first kappa shape index (κ1) is 16.7. The van der Waals surface area contributed by atoms with Gasteiger partial charge in [-0.2, -0.15) is 0 Å². The summed E-state index contributed by atoms with van der Waals surface area (Å²) >= 11 is 5.49. The Morgan fingerprint density at radius 2 is 1.80 bits per heavy atom. The second-order valence-electron chi connectivity index (χ2n) is 4.47. The molecule has 0 bridgehead atoms. The molecule has 4 nitrogen and oxygen atoms in total. The summed E-state index contributed by atoms with van der Waals surface area (Å²) in [5.74, 6) is -1.93. The van der Waals surface area contributed by atoms with Crippen molar-refractivity contribution in [3.8, 4) is 0 Å². The molecule has 0 saturated heterocycles. The molecule has 112 valence electrons. The van der Waals surface area contributed by atoms with Gasteiger partial charge >= 0.3 is 6.03 Å². The third-order valence-electron chi connectivity index (χ3n) is 3.28. The fraction of sp³-hybridized carbons (Fsp3) is 0.462. The number of amides is 2. The summed E-state index contributed by atoms with van der Waals surface area (Å²) in [5.41, 5.74) is -1.39. The van der Waals surface area contributed by atoms with Crippen molar-refractivity contribution in [2.24, 2.45) is 0 Å². The van der Waals surface area contributed by atoms with E-state index in [4.69, 9.17) is 11.6 Å². The molecule has 2 amide bonds. The zero-order chi connectivity index (χ0) is 15.3. The molecule has 0 atom stereocenters. The highest BCUT2D eigenvalue weighted by Crippen LogP contribution is 2.23. The first-order chi connectivity index (χ1) is 9.37. The van der Waals surface area contributed by atoms with Crippen LogP contribution < -0.4 is 10.6 Å². The number of urea groups is 1. The van der Waals surface area contributed by atoms with E-state index in [1.807, 2.05) is 0 Å². The Morgan fingerprint density at radius 3 is 2.20 bits per heavy atom. The van der Waals surface area contributed by atoms with E-state index < -0.39 is 28.9 Å². The average Bonchev–Trinajstić information content (AvgIpc) is 2.40. The summed E-state index contributed by atoms with van der Waals surface area (Å²) in [7, 11) is 0. The number of nitrogens with one attached hydrogen (secondary N) is 2. The number of benzene rings is 1. The highest BCUT2D eigenvalue weighted by atomic mass is 35.5. The average molecular weight is 307 g/mol. The van der Waals surface area contributed by atoms with Crippen LogP contribution in [-0.4, -0.2) is 23.3 Å². The van der Waals surface area contributed by atoms with E-state index in [9.17, 15) is 18.7 Å². The van der Waals surface area contributed by atoms with Gasteiger partial charge in [0.2, 0.25) is 0 Å². The van der Waals surface area contributed by atoms with Gasteiger partial charge in [-0.15, -0.1) is 0 Å². The molecule has 7 heteroatoms. The van der Waals surface area contributed by atoms with Crippen molar-refractivity contribution in [3.05, 3.63) is 28.8 Å². The number of carbonyl (C=O) groups excluding carboxylic acids is 1. The van der Waals surface area contributed by atoms with E-state index in [1.54, 1.807) is 13.8 Å². The van der Waals surface area contributed by atoms with Crippen LogP contribution in [0.3, 0.4) is 0 Å². The lowest BCUT2D eigenvalue weighted by molar-refractivity contribution is 0.155. The Balaban J connectivity index is 2.87. The van der Waals surface area contributed by atoms with Gasteiger partial charge in [0, 0.05) is 5.02 Å². The zero-order valence-corrected chi connectivity index (χ0v) is 12.0. The minimum atomic E-state index is -0.965. The summed E-state index contributed by atoms with van der Waals surface area (Å²) in [5, 5.41) is 13.9. The van der Waals surface area contributed by atoms with E-state index in [0.717, 1.165) is 12.1 Å². The number of halogens is 3. The molecule has 0 spiro atoms. The summed E-state index contributed by atoms with van der Waals surface area (Å²) in [6.07, 6.45) is 0.970. The predicted octanol–water partition coefficient (Wildman–Crippen LogP) is 3.29. The van der Waals surface area contributed by atoms with Crippen molar-refractivity contribution in [3.63, 3.8) is 0 Å². The van der Waals surface area contributed by atoms with Crippen LogP contribution in [0.5, 0.6) is 0 Å². The number of anilines is 1. The molecular weight excluding hydrogens is 290 g/mol. The lowest BCUT2D eigenvalue weighted by Gasteiger charge is -2.30. The van der Waals surface area contributed by atoms with Crippen molar-refractivity contribution in [2.45, 2.75) is 32.2 Å². The van der Waals surface area contributed by atoms with E-state index >= 15 is 0 Å². The summed E-state index contributed by atoms with van der Waals surface area (Å²) in [6.45, 7) is 3.33. The normalized spacial score (nSPS) is 11.3. The van der Waals surface area contributed by atoms with Crippen LogP contribution in [0, 0.1) is 11.6 Å². The lowest BCUT2D eigenvalue weighted by Crippen LogP contribution is -2.52. The van der Waals surface area contributed by atoms with Crippen LogP contribution >= 0.6 is 11.6 Å². The van der Waals surface area contributed by atoms with Gasteiger partial charge in [-0.05, 0) is 25.0 Å². The Morgan fingerprint density at radius 1 is 1.30 bits per heavy atom. The minimum absolute atomic E-state index is 0.0993. The number of hydrogen-bond acceptors (Lipinski definition) is 2. The molecule has 0 heterocycles.